The molecule has 1 aromatic carbocycles. The van der Waals surface area contributed by atoms with Crippen LogP contribution >= 0.6 is 11.5 Å². The number of aromatic nitrogens is 2. The van der Waals surface area contributed by atoms with E-state index in [2.05, 4.69) is 21.0 Å². The number of anilines is 1. The first-order valence-corrected chi connectivity index (χ1v) is 10.2. The molecule has 0 amide bonds. The van der Waals surface area contributed by atoms with Crippen molar-refractivity contribution in [3.05, 3.63) is 35.7 Å². The van der Waals surface area contributed by atoms with Gasteiger partial charge >= 0.3 is 0 Å². The molecule has 5 nitrogen and oxygen atoms in total. The summed E-state index contributed by atoms with van der Waals surface area (Å²) >= 11 is 1.05. The molecule has 0 atom stereocenters. The summed E-state index contributed by atoms with van der Waals surface area (Å²) in [5.74, 6) is 0.563. The predicted octanol–water partition coefficient (Wildman–Crippen LogP) is 4.16. The molecule has 23 heavy (non-hydrogen) atoms. The highest BCUT2D eigenvalue weighted by atomic mass is 32.2. The Hall–Kier alpha value is -1.47. The number of aryl methyl sites for hydroxylation is 2. The second-order valence-corrected chi connectivity index (χ2v) is 8.00. The third kappa shape index (κ3) is 5.58. The maximum Gasteiger partial charge on any atom is 0.263 e. The van der Waals surface area contributed by atoms with E-state index in [1.165, 1.54) is 25.7 Å². The molecule has 0 aliphatic rings. The van der Waals surface area contributed by atoms with Crippen molar-refractivity contribution in [1.82, 2.24) is 9.36 Å². The maximum absolute atomic E-state index is 12.4. The first kappa shape index (κ1) is 17.9. The van der Waals surface area contributed by atoms with E-state index >= 15 is 0 Å². The molecule has 0 saturated heterocycles. The Kier molecular flexibility index (Phi) is 6.53. The summed E-state index contributed by atoms with van der Waals surface area (Å²) in [7, 11) is -3.60. The second kappa shape index (κ2) is 8.40. The Bertz CT molecular complexity index is 726. The number of hydrogen-bond donors (Lipinski definition) is 1. The van der Waals surface area contributed by atoms with Crippen LogP contribution in [-0.4, -0.2) is 17.8 Å². The van der Waals surface area contributed by atoms with Crippen molar-refractivity contribution in [2.24, 2.45) is 0 Å². The molecule has 1 N–H and O–H groups in total. The van der Waals surface area contributed by atoms with Crippen LogP contribution in [0.1, 0.15) is 50.4 Å². The molecule has 0 bridgehead atoms. The van der Waals surface area contributed by atoms with Gasteiger partial charge in [-0.25, -0.2) is 13.4 Å². The van der Waals surface area contributed by atoms with Crippen molar-refractivity contribution in [3.63, 3.8) is 0 Å². The minimum absolute atomic E-state index is 0.274. The van der Waals surface area contributed by atoms with Crippen LogP contribution < -0.4 is 4.72 Å². The zero-order chi connectivity index (χ0) is 16.7. The number of benzene rings is 1. The Morgan fingerprint density at radius 3 is 2.65 bits per heavy atom. The summed E-state index contributed by atoms with van der Waals surface area (Å²) < 4.78 is 31.3. The predicted molar refractivity (Wildman–Crippen MR) is 94.4 cm³/mol. The molecule has 1 aromatic heterocycles. The lowest BCUT2D eigenvalue weighted by atomic mass is 10.1. The molecular formula is C16H23N3O2S2. The van der Waals surface area contributed by atoms with Crippen molar-refractivity contribution in [2.75, 3.05) is 4.72 Å². The zero-order valence-electron chi connectivity index (χ0n) is 13.6. The highest BCUT2D eigenvalue weighted by Crippen LogP contribution is 2.19. The average Bonchev–Trinajstić information content (AvgIpc) is 2.92. The summed E-state index contributed by atoms with van der Waals surface area (Å²) in [6.07, 6.45) is 6.92. The number of nitrogens with one attached hydrogen (secondary N) is 1. The van der Waals surface area contributed by atoms with Gasteiger partial charge in [0, 0.05) is 11.5 Å². The molecule has 0 aliphatic heterocycles. The second-order valence-electron chi connectivity index (χ2n) is 5.56. The van der Waals surface area contributed by atoms with Crippen molar-refractivity contribution >= 4 is 26.7 Å². The topological polar surface area (TPSA) is 72.0 Å². The van der Waals surface area contributed by atoms with Gasteiger partial charge in [-0.15, -0.1) is 0 Å². The van der Waals surface area contributed by atoms with Gasteiger partial charge in [-0.3, -0.25) is 4.72 Å². The van der Waals surface area contributed by atoms with E-state index in [0.29, 0.717) is 11.0 Å². The van der Waals surface area contributed by atoms with Crippen molar-refractivity contribution in [2.45, 2.75) is 57.3 Å². The quantitative estimate of drug-likeness (QED) is 0.687. The number of rotatable bonds is 9. The molecule has 0 saturated carbocycles. The standard InChI is InChI=1S/C16H23N3O2S2/c1-3-4-5-6-7-9-14-10-8-11-15(12-14)23(20,21)19-16-17-13(2)18-22-16/h8,10-12H,3-7,9H2,1-2H3,(H,17,18,19). The van der Waals surface area contributed by atoms with Gasteiger partial charge in [-0.2, -0.15) is 4.37 Å². The van der Waals surface area contributed by atoms with Gasteiger partial charge in [0.05, 0.1) is 4.90 Å². The summed E-state index contributed by atoms with van der Waals surface area (Å²) in [5, 5.41) is 0.299. The number of hydrogen-bond acceptors (Lipinski definition) is 5. The van der Waals surface area contributed by atoms with E-state index in [-0.39, 0.29) is 4.90 Å². The lowest BCUT2D eigenvalue weighted by Gasteiger charge is -2.07. The first-order chi connectivity index (χ1) is 11.0. The molecule has 0 unspecified atom stereocenters. The molecule has 0 fully saturated rings. The summed E-state index contributed by atoms with van der Waals surface area (Å²) in [4.78, 5) is 4.31. The molecule has 0 spiro atoms. The number of unbranched alkanes of at least 4 members (excludes halogenated alkanes) is 4. The third-order valence-electron chi connectivity index (χ3n) is 3.53. The fourth-order valence-electron chi connectivity index (χ4n) is 2.31. The number of nitrogens with zero attached hydrogens (tertiary/aromatic N) is 2. The van der Waals surface area contributed by atoms with E-state index in [1.54, 1.807) is 25.1 Å². The third-order valence-corrected chi connectivity index (χ3v) is 5.71. The minimum atomic E-state index is -3.60. The van der Waals surface area contributed by atoms with Crippen LogP contribution in [0.25, 0.3) is 0 Å². The Morgan fingerprint density at radius 1 is 1.17 bits per heavy atom. The number of sulfonamides is 1. The monoisotopic (exact) mass is 353 g/mol. The van der Waals surface area contributed by atoms with Crippen LogP contribution in [0.2, 0.25) is 0 Å². The first-order valence-electron chi connectivity index (χ1n) is 7.93. The van der Waals surface area contributed by atoms with E-state index in [0.717, 1.165) is 29.9 Å². The van der Waals surface area contributed by atoms with E-state index in [4.69, 9.17) is 0 Å². The normalized spacial score (nSPS) is 11.6. The van der Waals surface area contributed by atoms with Gasteiger partial charge in [-0.1, -0.05) is 44.7 Å². The molecule has 0 radical (unpaired) electrons. The molecule has 7 heteroatoms. The molecule has 126 valence electrons. The Morgan fingerprint density at radius 2 is 1.96 bits per heavy atom. The van der Waals surface area contributed by atoms with Crippen LogP contribution in [0, 0.1) is 6.92 Å². The maximum atomic E-state index is 12.4. The molecule has 0 aliphatic carbocycles. The van der Waals surface area contributed by atoms with Crippen molar-refractivity contribution in [1.29, 1.82) is 0 Å². The van der Waals surface area contributed by atoms with Crippen LogP contribution in [0.15, 0.2) is 29.2 Å². The highest BCUT2D eigenvalue weighted by Gasteiger charge is 2.16. The van der Waals surface area contributed by atoms with E-state index in [1.807, 2.05) is 6.07 Å². The van der Waals surface area contributed by atoms with Gasteiger partial charge in [0.15, 0.2) is 0 Å². The van der Waals surface area contributed by atoms with E-state index in [9.17, 15) is 8.42 Å². The van der Waals surface area contributed by atoms with Crippen LogP contribution in [0.4, 0.5) is 5.13 Å². The van der Waals surface area contributed by atoms with E-state index < -0.39 is 10.0 Å². The van der Waals surface area contributed by atoms with Gasteiger partial charge in [0.1, 0.15) is 5.82 Å². The highest BCUT2D eigenvalue weighted by molar-refractivity contribution is 7.93. The molecule has 2 aromatic rings. The van der Waals surface area contributed by atoms with Crippen LogP contribution in [0.3, 0.4) is 0 Å². The molecule has 2 rings (SSSR count). The summed E-state index contributed by atoms with van der Waals surface area (Å²) in [5.41, 5.74) is 1.05. The lowest BCUT2D eigenvalue weighted by molar-refractivity contribution is 0.600. The lowest BCUT2D eigenvalue weighted by Crippen LogP contribution is -2.13. The average molecular weight is 354 g/mol. The summed E-state index contributed by atoms with van der Waals surface area (Å²) in [6.45, 7) is 3.92. The van der Waals surface area contributed by atoms with Gasteiger partial charge in [0.25, 0.3) is 10.0 Å². The SMILES string of the molecule is CCCCCCCc1cccc(S(=O)(=O)Nc2nc(C)ns2)c1. The molecular weight excluding hydrogens is 330 g/mol. The van der Waals surface area contributed by atoms with Crippen molar-refractivity contribution in [3.8, 4) is 0 Å². The fraction of sp³-hybridized carbons (Fsp3) is 0.500. The Labute approximate surface area is 142 Å². The zero-order valence-corrected chi connectivity index (χ0v) is 15.2. The van der Waals surface area contributed by atoms with Crippen LogP contribution in [0.5, 0.6) is 0 Å². The Balaban J connectivity index is 2.00. The molecule has 1 heterocycles. The smallest absolute Gasteiger partial charge is 0.253 e. The van der Waals surface area contributed by atoms with Crippen molar-refractivity contribution < 1.29 is 8.42 Å². The van der Waals surface area contributed by atoms with Gasteiger partial charge in [-0.05, 0) is 37.5 Å². The van der Waals surface area contributed by atoms with Crippen LogP contribution in [-0.2, 0) is 16.4 Å². The largest absolute Gasteiger partial charge is 0.263 e. The minimum Gasteiger partial charge on any atom is -0.253 e. The van der Waals surface area contributed by atoms with Gasteiger partial charge in [0.2, 0.25) is 5.13 Å². The summed E-state index contributed by atoms with van der Waals surface area (Å²) in [6, 6.07) is 7.13. The van der Waals surface area contributed by atoms with Gasteiger partial charge < -0.3 is 0 Å². The fourth-order valence-corrected chi connectivity index (χ4v) is 4.18.